The third-order valence-electron chi connectivity index (χ3n) is 5.76. The minimum Gasteiger partial charge on any atom is -0.404 e. The number of rotatable bonds is 7. The highest BCUT2D eigenvalue weighted by Gasteiger charge is 2.38. The van der Waals surface area contributed by atoms with Crippen molar-refractivity contribution in [3.05, 3.63) is 78.7 Å². The minimum absolute atomic E-state index is 0.143. The quantitative estimate of drug-likeness (QED) is 0.414. The minimum atomic E-state index is -0.560. The van der Waals surface area contributed by atoms with Gasteiger partial charge in [0.15, 0.2) is 11.5 Å². The van der Waals surface area contributed by atoms with Gasteiger partial charge < -0.3 is 16.0 Å². The Labute approximate surface area is 190 Å². The molecule has 1 unspecified atom stereocenters. The summed E-state index contributed by atoms with van der Waals surface area (Å²) >= 11 is 0. The van der Waals surface area contributed by atoms with E-state index in [2.05, 4.69) is 52.6 Å². The van der Waals surface area contributed by atoms with Crippen molar-refractivity contribution in [2.45, 2.75) is 26.2 Å². The van der Waals surface area contributed by atoms with Crippen LogP contribution in [0.5, 0.6) is 0 Å². The Kier molecular flexibility index (Phi) is 5.74. The Morgan fingerprint density at radius 1 is 1.27 bits per heavy atom. The van der Waals surface area contributed by atoms with E-state index in [-0.39, 0.29) is 11.7 Å². The van der Waals surface area contributed by atoms with Gasteiger partial charge in [-0.15, -0.1) is 0 Å². The maximum atomic E-state index is 5.73. The van der Waals surface area contributed by atoms with Gasteiger partial charge in [-0.05, 0) is 30.5 Å². The van der Waals surface area contributed by atoms with Crippen molar-refractivity contribution in [1.82, 2.24) is 29.7 Å². The monoisotopic (exact) mass is 443 g/mol. The van der Waals surface area contributed by atoms with Crippen LogP contribution in [0.3, 0.4) is 0 Å². The van der Waals surface area contributed by atoms with Crippen LogP contribution in [0.2, 0.25) is 0 Å². The van der Waals surface area contributed by atoms with Crippen molar-refractivity contribution >= 4 is 17.4 Å². The van der Waals surface area contributed by atoms with Gasteiger partial charge in [0.1, 0.15) is 11.4 Å². The summed E-state index contributed by atoms with van der Waals surface area (Å²) in [5, 5.41) is 8.61. The Morgan fingerprint density at radius 2 is 2.09 bits per heavy atom. The van der Waals surface area contributed by atoms with E-state index in [9.17, 15) is 0 Å². The number of hydrogen-bond acceptors (Lipinski definition) is 9. The van der Waals surface area contributed by atoms with E-state index in [0.717, 1.165) is 5.56 Å². The predicted molar refractivity (Wildman–Crippen MR) is 126 cm³/mol. The molecule has 33 heavy (non-hydrogen) atoms. The molecule has 0 amide bonds. The fourth-order valence-electron chi connectivity index (χ4n) is 3.46. The zero-order valence-electron chi connectivity index (χ0n) is 18.7. The van der Waals surface area contributed by atoms with Gasteiger partial charge in [-0.25, -0.2) is 14.5 Å². The fourth-order valence-corrected chi connectivity index (χ4v) is 3.46. The molecule has 0 aliphatic heterocycles. The van der Waals surface area contributed by atoms with Gasteiger partial charge in [-0.3, -0.25) is 4.98 Å². The second-order valence-electron chi connectivity index (χ2n) is 8.03. The van der Waals surface area contributed by atoms with Crippen LogP contribution in [-0.2, 0) is 5.41 Å². The molecule has 4 aromatic rings. The van der Waals surface area contributed by atoms with Crippen molar-refractivity contribution in [1.29, 1.82) is 0 Å². The third kappa shape index (κ3) is 3.98. The van der Waals surface area contributed by atoms with Gasteiger partial charge in [-0.1, -0.05) is 31.6 Å². The van der Waals surface area contributed by atoms with Crippen LogP contribution >= 0.6 is 0 Å². The zero-order chi connectivity index (χ0) is 23.6. The molecule has 0 bridgehead atoms. The maximum absolute atomic E-state index is 5.73. The molecule has 4 aromatic heterocycles. The Morgan fingerprint density at radius 3 is 2.76 bits per heavy atom. The number of nitrogens with zero attached hydrogens (tertiary/aromatic N) is 7. The first-order valence-electron chi connectivity index (χ1n) is 10.3. The lowest BCUT2D eigenvalue weighted by atomic mass is 9.73. The van der Waals surface area contributed by atoms with Crippen LogP contribution in [0.1, 0.15) is 37.9 Å². The lowest BCUT2D eigenvalue weighted by molar-refractivity contribution is 0.350. The van der Waals surface area contributed by atoms with Crippen LogP contribution in [-0.4, -0.2) is 35.9 Å². The number of hydrogen-bond donors (Lipinski definition) is 2. The number of aliphatic imine (C=N–C) groups is 1. The summed E-state index contributed by atoms with van der Waals surface area (Å²) in [6.45, 7) is 9.82. The van der Waals surface area contributed by atoms with Crippen molar-refractivity contribution in [2.24, 2.45) is 22.4 Å². The number of nitrogens with two attached hydrogens (primary N) is 2. The zero-order valence-corrected chi connectivity index (χ0v) is 18.7. The summed E-state index contributed by atoms with van der Waals surface area (Å²) in [7, 11) is 0. The Bertz CT molecular complexity index is 1350. The van der Waals surface area contributed by atoms with Crippen LogP contribution in [0.25, 0.3) is 22.7 Å². The summed E-state index contributed by atoms with van der Waals surface area (Å²) < 4.78 is 7.29. The normalized spacial score (nSPS) is 14.2. The molecule has 0 aromatic carbocycles. The number of allylic oxidation sites excluding steroid dienone is 1. The molecule has 4 rings (SSSR count). The van der Waals surface area contributed by atoms with E-state index in [1.807, 2.05) is 18.3 Å². The second-order valence-corrected chi connectivity index (χ2v) is 8.03. The summed E-state index contributed by atoms with van der Waals surface area (Å²) in [4.78, 5) is 17.7. The van der Waals surface area contributed by atoms with Gasteiger partial charge >= 0.3 is 0 Å². The van der Waals surface area contributed by atoms with E-state index in [0.29, 0.717) is 34.2 Å². The summed E-state index contributed by atoms with van der Waals surface area (Å²) in [5.41, 5.74) is 14.2. The topological polar surface area (TPSA) is 146 Å². The van der Waals surface area contributed by atoms with E-state index >= 15 is 0 Å². The molecule has 0 aliphatic carbocycles. The Hall–Kier alpha value is -4.34. The molecule has 10 heteroatoms. The van der Waals surface area contributed by atoms with Crippen molar-refractivity contribution in [3.8, 4) is 11.5 Å². The number of pyridine rings is 1. The van der Waals surface area contributed by atoms with Crippen molar-refractivity contribution in [2.75, 3.05) is 0 Å². The van der Waals surface area contributed by atoms with Crippen molar-refractivity contribution in [3.63, 3.8) is 0 Å². The van der Waals surface area contributed by atoms with Crippen LogP contribution in [0.4, 0.5) is 0 Å². The first-order chi connectivity index (χ1) is 15.8. The average Bonchev–Trinajstić information content (AvgIpc) is 3.46. The number of fused-ring (bicyclic) bond motifs is 1. The van der Waals surface area contributed by atoms with Gasteiger partial charge in [0.05, 0.1) is 17.3 Å². The van der Waals surface area contributed by atoms with Crippen LogP contribution < -0.4 is 11.5 Å². The molecule has 0 saturated heterocycles. The molecule has 0 aliphatic rings. The highest BCUT2D eigenvalue weighted by Crippen LogP contribution is 2.38. The SMILES string of the molecule is C=C(N)N=C/C(=C\N)c1ccc(C(C)(c2noc(-c3cnn4cccnc34)n2)C(C)C)cn1. The van der Waals surface area contributed by atoms with E-state index in [4.69, 9.17) is 21.0 Å². The van der Waals surface area contributed by atoms with E-state index < -0.39 is 5.41 Å². The highest BCUT2D eigenvalue weighted by molar-refractivity contribution is 6.09. The molecular formula is C23H25N9O. The van der Waals surface area contributed by atoms with Crippen LogP contribution in [0.15, 0.2) is 71.1 Å². The van der Waals surface area contributed by atoms with Gasteiger partial charge in [-0.2, -0.15) is 10.1 Å². The molecule has 4 heterocycles. The summed E-state index contributed by atoms with van der Waals surface area (Å²) in [6.07, 6.45) is 9.92. The molecule has 4 N–H and O–H groups in total. The molecular weight excluding hydrogens is 418 g/mol. The standard InChI is InChI=1S/C23H25N9O/c1-14(2)23(4,17-6-7-19(28-12-17)16(10-24)11-27-15(3)25)22-30-21(33-31-22)18-13-29-32-9-5-8-26-20(18)32/h5-14H,3,24-25H2,1-2,4H3/b16-10+,27-11?. The second kappa shape index (κ2) is 8.65. The molecule has 0 saturated carbocycles. The van der Waals surface area contributed by atoms with E-state index in [1.54, 1.807) is 29.2 Å². The molecule has 1 atom stereocenters. The van der Waals surface area contributed by atoms with Gasteiger partial charge in [0.25, 0.3) is 5.89 Å². The Balaban J connectivity index is 1.70. The molecule has 0 radical (unpaired) electrons. The molecule has 0 spiro atoms. The van der Waals surface area contributed by atoms with E-state index in [1.165, 1.54) is 12.4 Å². The highest BCUT2D eigenvalue weighted by atomic mass is 16.5. The molecule has 168 valence electrons. The average molecular weight is 444 g/mol. The smallest absolute Gasteiger partial charge is 0.263 e. The first kappa shape index (κ1) is 21.9. The predicted octanol–water partition coefficient (Wildman–Crippen LogP) is 2.94. The molecule has 0 fully saturated rings. The molecule has 10 nitrogen and oxygen atoms in total. The summed E-state index contributed by atoms with van der Waals surface area (Å²) in [5.74, 6) is 1.24. The van der Waals surface area contributed by atoms with Crippen LogP contribution in [0, 0.1) is 5.92 Å². The fraction of sp³-hybridized carbons (Fsp3) is 0.217. The number of aromatic nitrogens is 6. The van der Waals surface area contributed by atoms with Crippen molar-refractivity contribution < 1.29 is 4.52 Å². The lowest BCUT2D eigenvalue weighted by Crippen LogP contribution is -2.31. The third-order valence-corrected chi connectivity index (χ3v) is 5.76. The summed E-state index contributed by atoms with van der Waals surface area (Å²) in [6, 6.07) is 5.65. The van der Waals surface area contributed by atoms with Gasteiger partial charge in [0.2, 0.25) is 0 Å². The van der Waals surface area contributed by atoms with Gasteiger partial charge in [0, 0.05) is 36.6 Å². The largest absolute Gasteiger partial charge is 0.404 e. The first-order valence-corrected chi connectivity index (χ1v) is 10.3. The lowest BCUT2D eigenvalue weighted by Gasteiger charge is -2.30. The maximum Gasteiger partial charge on any atom is 0.263 e.